The zero-order valence-corrected chi connectivity index (χ0v) is 20.2. The van der Waals surface area contributed by atoms with Gasteiger partial charge >= 0.3 is 0 Å². The molecular weight excluding hydrogens is 476 g/mol. The summed E-state index contributed by atoms with van der Waals surface area (Å²) in [4.78, 5) is 8.48. The first-order valence-corrected chi connectivity index (χ1v) is 13.3. The van der Waals surface area contributed by atoms with E-state index in [4.69, 9.17) is 4.74 Å². The molecule has 1 aromatic carbocycles. The topological polar surface area (TPSA) is 121 Å². The molecule has 0 spiro atoms. The summed E-state index contributed by atoms with van der Waals surface area (Å²) in [6, 6.07) is 8.75. The fourth-order valence-electron chi connectivity index (χ4n) is 4.50. The monoisotopic (exact) mass is 502 g/mol. The zero-order chi connectivity index (χ0) is 23.7. The first-order valence-electron chi connectivity index (χ1n) is 11.0. The van der Waals surface area contributed by atoms with Crippen LogP contribution < -0.4 is 9.46 Å². The number of aliphatic hydroxyl groups is 1. The van der Waals surface area contributed by atoms with Crippen molar-refractivity contribution in [3.8, 4) is 16.9 Å². The number of rotatable bonds is 3. The number of β-amino-alcohol motifs (C(OH)–C–C–N with tert-alkyl or cyclic N) is 1. The molecule has 3 aromatic rings. The number of sulfonamides is 1. The summed E-state index contributed by atoms with van der Waals surface area (Å²) in [5, 5.41) is 16.6. The van der Waals surface area contributed by atoms with Crippen LogP contribution in [0.15, 0.2) is 53.0 Å². The Morgan fingerprint density at radius 3 is 2.88 bits per heavy atom. The van der Waals surface area contributed by atoms with E-state index in [0.717, 1.165) is 16.8 Å². The molecule has 4 heterocycles. The van der Waals surface area contributed by atoms with Gasteiger partial charge in [0.05, 0.1) is 17.8 Å². The van der Waals surface area contributed by atoms with Crippen molar-refractivity contribution in [1.29, 1.82) is 0 Å². The predicted molar refractivity (Wildman–Crippen MR) is 127 cm³/mol. The van der Waals surface area contributed by atoms with Gasteiger partial charge in [0.1, 0.15) is 16.7 Å². The van der Waals surface area contributed by atoms with E-state index < -0.39 is 16.1 Å². The average molecular weight is 503 g/mol. The molecule has 10 nitrogen and oxygen atoms in total. The second-order valence-electron chi connectivity index (χ2n) is 8.66. The lowest BCUT2D eigenvalue weighted by Crippen LogP contribution is -2.47. The smallest absolute Gasteiger partial charge is 0.244 e. The van der Waals surface area contributed by atoms with E-state index in [0.29, 0.717) is 26.2 Å². The second-order valence-corrected chi connectivity index (χ2v) is 11.0. The van der Waals surface area contributed by atoms with Gasteiger partial charge in [-0.25, -0.2) is 13.1 Å². The molecule has 0 aliphatic carbocycles. The summed E-state index contributed by atoms with van der Waals surface area (Å²) in [7, 11) is -1.96. The number of likely N-dealkylation sites (N-methyl/N-ethyl adjacent to an activating group) is 1. The number of hydrogen-bond donors (Lipinski definition) is 2. The molecule has 2 N–H and O–H groups in total. The molecule has 5 rings (SSSR count). The van der Waals surface area contributed by atoms with E-state index in [2.05, 4.69) is 24.2 Å². The first-order chi connectivity index (χ1) is 16.4. The minimum atomic E-state index is -3.89. The van der Waals surface area contributed by atoms with Crippen LogP contribution in [0.5, 0.6) is 5.75 Å². The minimum absolute atomic E-state index is 0.0445. The van der Waals surface area contributed by atoms with Crippen molar-refractivity contribution >= 4 is 21.6 Å². The molecular formula is C22H26N6O4S2. The number of benzene rings is 1. The van der Waals surface area contributed by atoms with Crippen molar-refractivity contribution in [3.63, 3.8) is 0 Å². The lowest BCUT2D eigenvalue weighted by atomic mass is 10.1. The van der Waals surface area contributed by atoms with Crippen LogP contribution in [0.25, 0.3) is 11.1 Å². The summed E-state index contributed by atoms with van der Waals surface area (Å²) >= 11 is 1.31. The Labute approximate surface area is 202 Å². The molecule has 2 aliphatic rings. The van der Waals surface area contributed by atoms with E-state index in [1.807, 2.05) is 29.5 Å². The number of likely N-dealkylation sites (tertiary alicyclic amines) is 1. The van der Waals surface area contributed by atoms with Crippen molar-refractivity contribution in [1.82, 2.24) is 29.1 Å². The van der Waals surface area contributed by atoms with Gasteiger partial charge in [0.15, 0.2) is 0 Å². The molecule has 3 atom stereocenters. The maximum absolute atomic E-state index is 13.1. The number of aliphatic hydroxyl groups excluding tert-OH is 1. The molecule has 180 valence electrons. The third-order valence-corrected chi connectivity index (χ3v) is 8.20. The highest BCUT2D eigenvalue weighted by Gasteiger charge is 2.39. The lowest BCUT2D eigenvalue weighted by molar-refractivity contribution is 0.0713. The van der Waals surface area contributed by atoms with Gasteiger partial charge in [-0.2, -0.15) is 0 Å². The summed E-state index contributed by atoms with van der Waals surface area (Å²) in [5.74, 6) is 0.283. The van der Waals surface area contributed by atoms with Crippen LogP contribution in [-0.2, 0) is 16.6 Å². The van der Waals surface area contributed by atoms with Gasteiger partial charge < -0.3 is 9.84 Å². The molecule has 12 heteroatoms. The second kappa shape index (κ2) is 9.64. The van der Waals surface area contributed by atoms with E-state index in [1.54, 1.807) is 30.6 Å². The van der Waals surface area contributed by atoms with Gasteiger partial charge in [-0.3, -0.25) is 14.8 Å². The van der Waals surface area contributed by atoms with Gasteiger partial charge in [-0.05, 0) is 42.3 Å². The van der Waals surface area contributed by atoms with Crippen molar-refractivity contribution in [3.05, 3.63) is 53.8 Å². The molecule has 0 unspecified atom stereocenters. The number of nitrogens with one attached hydrogen (secondary N) is 1. The summed E-state index contributed by atoms with van der Waals surface area (Å²) < 4.78 is 39.2. The number of ether oxygens (including phenoxy) is 1. The van der Waals surface area contributed by atoms with Gasteiger partial charge in [-0.1, -0.05) is 16.6 Å². The molecule has 2 aromatic heterocycles. The summed E-state index contributed by atoms with van der Waals surface area (Å²) in [6.45, 7) is 2.15. The largest absolute Gasteiger partial charge is 0.486 e. The Hall–Kier alpha value is -2.48. The SMILES string of the molecule is CN1C[C@@H](O)CNS(=O)(=O)c2ccc(-c3cccnc3)cc2O[C@H]2CN(Cc3csnn3)C[C@H]21. The number of pyridine rings is 1. The van der Waals surface area contributed by atoms with E-state index >= 15 is 0 Å². The van der Waals surface area contributed by atoms with Crippen LogP contribution in [0.2, 0.25) is 0 Å². The van der Waals surface area contributed by atoms with E-state index in [9.17, 15) is 13.5 Å². The number of nitrogens with zero attached hydrogens (tertiary/aromatic N) is 5. The zero-order valence-electron chi connectivity index (χ0n) is 18.6. The highest BCUT2D eigenvalue weighted by atomic mass is 32.2. The molecule has 0 bridgehead atoms. The normalized spacial score (nSPS) is 25.6. The Morgan fingerprint density at radius 2 is 2.12 bits per heavy atom. The Balaban J connectivity index is 1.52. The fraction of sp³-hybridized carbons (Fsp3) is 0.409. The van der Waals surface area contributed by atoms with Crippen LogP contribution in [0, 0.1) is 0 Å². The Morgan fingerprint density at radius 1 is 1.24 bits per heavy atom. The van der Waals surface area contributed by atoms with Crippen molar-refractivity contribution in [2.75, 3.05) is 33.2 Å². The fourth-order valence-corrected chi connectivity index (χ4v) is 6.13. The number of fused-ring (bicyclic) bond motifs is 2. The molecule has 1 fully saturated rings. The van der Waals surface area contributed by atoms with Crippen LogP contribution >= 0.6 is 11.5 Å². The number of hydrogen-bond acceptors (Lipinski definition) is 10. The van der Waals surface area contributed by atoms with Crippen LogP contribution in [0.4, 0.5) is 0 Å². The maximum atomic E-state index is 13.1. The molecule has 0 amide bonds. The number of aromatic nitrogens is 3. The van der Waals surface area contributed by atoms with Crippen molar-refractivity contribution in [2.24, 2.45) is 0 Å². The van der Waals surface area contributed by atoms with E-state index in [1.165, 1.54) is 11.5 Å². The molecule has 34 heavy (non-hydrogen) atoms. The average Bonchev–Trinajstić information content (AvgIpc) is 3.48. The van der Waals surface area contributed by atoms with Gasteiger partial charge in [-0.15, -0.1) is 5.10 Å². The van der Waals surface area contributed by atoms with Gasteiger partial charge in [0.25, 0.3) is 0 Å². The molecule has 2 aliphatic heterocycles. The van der Waals surface area contributed by atoms with Gasteiger partial charge in [0, 0.05) is 56.1 Å². The van der Waals surface area contributed by atoms with Crippen LogP contribution in [-0.4, -0.2) is 89.4 Å². The molecule has 0 radical (unpaired) electrons. The minimum Gasteiger partial charge on any atom is -0.486 e. The molecule has 0 saturated carbocycles. The van der Waals surface area contributed by atoms with Crippen molar-refractivity contribution in [2.45, 2.75) is 29.7 Å². The third-order valence-electron chi connectivity index (χ3n) is 6.18. The lowest BCUT2D eigenvalue weighted by Gasteiger charge is -2.30. The Kier molecular flexibility index (Phi) is 6.60. The quantitative estimate of drug-likeness (QED) is 0.536. The van der Waals surface area contributed by atoms with Gasteiger partial charge in [0.2, 0.25) is 10.0 Å². The summed E-state index contributed by atoms with van der Waals surface area (Å²) in [5.41, 5.74) is 2.56. The first kappa shape index (κ1) is 23.3. The van der Waals surface area contributed by atoms with Crippen molar-refractivity contribution < 1.29 is 18.3 Å². The highest BCUT2D eigenvalue weighted by molar-refractivity contribution is 7.89. The molecule has 1 saturated heterocycles. The highest BCUT2D eigenvalue weighted by Crippen LogP contribution is 2.33. The van der Waals surface area contributed by atoms with Crippen LogP contribution in [0.3, 0.4) is 0 Å². The predicted octanol–water partition coefficient (Wildman–Crippen LogP) is 0.816. The third kappa shape index (κ3) is 4.97. The Bertz CT molecular complexity index is 1230. The van der Waals surface area contributed by atoms with Crippen LogP contribution in [0.1, 0.15) is 5.69 Å². The van der Waals surface area contributed by atoms with E-state index in [-0.39, 0.29) is 29.3 Å². The standard InChI is InChI=1S/C22H26N6O4S2/c1-27-11-18(29)9-24-34(30,31)22-5-4-15(16-3-2-6-23-8-16)7-20(22)32-21-13-28(12-19(21)27)10-17-14-33-26-25-17/h2-8,14,18-19,21,24,29H,9-13H2,1H3/t18-,19+,21-/m0/s1. The maximum Gasteiger partial charge on any atom is 0.244 e. The summed E-state index contributed by atoms with van der Waals surface area (Å²) in [6.07, 6.45) is 2.26.